The summed E-state index contributed by atoms with van der Waals surface area (Å²) >= 11 is 0. The maximum absolute atomic E-state index is 13.9. The third kappa shape index (κ3) is 5.80. The van der Waals surface area contributed by atoms with E-state index in [1.165, 1.54) is 17.7 Å². The number of nitrogens with one attached hydrogen (secondary N) is 2. The molecule has 0 spiro atoms. The molecule has 6 nitrogen and oxygen atoms in total. The molecule has 2 amide bonds. The smallest absolute Gasteiger partial charge is 0.258 e. The van der Waals surface area contributed by atoms with Crippen molar-refractivity contribution >= 4 is 34.5 Å². The molecule has 0 radical (unpaired) electrons. The van der Waals surface area contributed by atoms with Crippen molar-refractivity contribution in [1.29, 1.82) is 0 Å². The molecule has 36 heavy (non-hydrogen) atoms. The van der Waals surface area contributed by atoms with Crippen molar-refractivity contribution in [2.75, 3.05) is 38.8 Å². The van der Waals surface area contributed by atoms with Crippen LogP contribution in [0.2, 0.25) is 0 Å². The van der Waals surface area contributed by atoms with E-state index in [1.54, 1.807) is 25.1 Å². The molecule has 1 aliphatic heterocycles. The zero-order valence-corrected chi connectivity index (χ0v) is 21.1. The summed E-state index contributed by atoms with van der Waals surface area (Å²) in [6.45, 7) is 0.823. The van der Waals surface area contributed by atoms with Crippen molar-refractivity contribution in [3.05, 3.63) is 94.8 Å². The Morgan fingerprint density at radius 3 is 2.39 bits per heavy atom. The summed E-state index contributed by atoms with van der Waals surface area (Å²) in [5.41, 5.74) is 5.96. The van der Waals surface area contributed by atoms with Crippen LogP contribution >= 0.6 is 0 Å². The van der Waals surface area contributed by atoms with Crippen LogP contribution < -0.4 is 10.6 Å². The van der Waals surface area contributed by atoms with Crippen LogP contribution in [0.5, 0.6) is 0 Å². The van der Waals surface area contributed by atoms with Crippen molar-refractivity contribution in [2.24, 2.45) is 0 Å². The number of anilines is 2. The molecular formula is C29H31FN4O2. The molecule has 2 N–H and O–H groups in total. The highest BCUT2D eigenvalue weighted by atomic mass is 19.1. The quantitative estimate of drug-likeness (QED) is 0.447. The molecule has 3 aromatic rings. The lowest BCUT2D eigenvalue weighted by Crippen LogP contribution is -2.21. The van der Waals surface area contributed by atoms with E-state index < -0.39 is 5.82 Å². The number of hydrogen-bond acceptors (Lipinski definition) is 4. The third-order valence-corrected chi connectivity index (χ3v) is 6.04. The van der Waals surface area contributed by atoms with Crippen molar-refractivity contribution in [3.8, 4) is 0 Å². The Balaban J connectivity index is 1.75. The van der Waals surface area contributed by atoms with Crippen LogP contribution in [-0.2, 0) is 22.6 Å². The Morgan fingerprint density at radius 1 is 0.944 bits per heavy atom. The van der Waals surface area contributed by atoms with Crippen LogP contribution in [0.3, 0.4) is 0 Å². The van der Waals surface area contributed by atoms with E-state index in [1.807, 2.05) is 62.6 Å². The number of hydrogen-bond donors (Lipinski definition) is 2. The van der Waals surface area contributed by atoms with Crippen molar-refractivity contribution in [3.63, 3.8) is 0 Å². The maximum atomic E-state index is 13.9. The number of carbonyl (C=O) groups is 2. The van der Waals surface area contributed by atoms with Gasteiger partial charge in [-0.05, 0) is 73.6 Å². The summed E-state index contributed by atoms with van der Waals surface area (Å²) in [6, 6.07) is 20.2. The van der Waals surface area contributed by atoms with E-state index in [0.717, 1.165) is 23.4 Å². The van der Waals surface area contributed by atoms with Gasteiger partial charge < -0.3 is 20.4 Å². The lowest BCUT2D eigenvalue weighted by molar-refractivity contribution is -0.128. The molecule has 4 rings (SSSR count). The molecule has 0 unspecified atom stereocenters. The van der Waals surface area contributed by atoms with E-state index >= 15 is 0 Å². The molecule has 0 bridgehead atoms. The van der Waals surface area contributed by atoms with Crippen LogP contribution in [0, 0.1) is 5.82 Å². The van der Waals surface area contributed by atoms with Gasteiger partial charge in [0, 0.05) is 38.3 Å². The van der Waals surface area contributed by atoms with Crippen LogP contribution in [0.15, 0.2) is 66.7 Å². The van der Waals surface area contributed by atoms with Crippen molar-refractivity contribution < 1.29 is 14.0 Å². The topological polar surface area (TPSA) is 64.7 Å². The van der Waals surface area contributed by atoms with Gasteiger partial charge in [0.1, 0.15) is 5.82 Å². The largest absolute Gasteiger partial charge is 0.354 e. The molecule has 0 atom stereocenters. The molecular weight excluding hydrogens is 455 g/mol. The van der Waals surface area contributed by atoms with E-state index in [9.17, 15) is 14.0 Å². The minimum Gasteiger partial charge on any atom is -0.354 e. The number of nitrogens with zero attached hydrogens (tertiary/aromatic N) is 2. The lowest BCUT2D eigenvalue weighted by atomic mass is 9.97. The second-order valence-electron chi connectivity index (χ2n) is 9.44. The first-order valence-electron chi connectivity index (χ1n) is 11.9. The minimum absolute atomic E-state index is 0.0565. The molecule has 0 aromatic heterocycles. The Labute approximate surface area is 211 Å². The van der Waals surface area contributed by atoms with Gasteiger partial charge in [0.05, 0.1) is 17.0 Å². The number of aryl methyl sites for hydroxylation is 1. The summed E-state index contributed by atoms with van der Waals surface area (Å²) in [4.78, 5) is 28.9. The summed E-state index contributed by atoms with van der Waals surface area (Å²) in [5, 5.41) is 6.24. The zero-order chi connectivity index (χ0) is 25.8. The zero-order valence-electron chi connectivity index (χ0n) is 21.1. The first-order valence-corrected chi connectivity index (χ1v) is 11.9. The highest BCUT2D eigenvalue weighted by Gasteiger charge is 2.29. The predicted octanol–water partition coefficient (Wildman–Crippen LogP) is 4.84. The lowest BCUT2D eigenvalue weighted by Gasteiger charge is -2.17. The number of amides is 2. The molecule has 0 aliphatic carbocycles. The average Bonchev–Trinajstić information content (AvgIpc) is 3.16. The van der Waals surface area contributed by atoms with Crippen molar-refractivity contribution in [1.82, 2.24) is 9.80 Å². The highest BCUT2D eigenvalue weighted by molar-refractivity contribution is 6.37. The van der Waals surface area contributed by atoms with E-state index in [2.05, 4.69) is 15.5 Å². The third-order valence-electron chi connectivity index (χ3n) is 6.04. The summed E-state index contributed by atoms with van der Waals surface area (Å²) in [5.74, 6) is -0.648. The van der Waals surface area contributed by atoms with Gasteiger partial charge in [-0.25, -0.2) is 4.39 Å². The molecule has 7 heteroatoms. The average molecular weight is 487 g/mol. The SMILES string of the molecule is CN(C)Cc1ccc(NC(=C2C(=O)Nc3cc(F)ccc32)c2cccc(CCC(=O)N(C)C)c2)cc1. The fourth-order valence-electron chi connectivity index (χ4n) is 4.23. The summed E-state index contributed by atoms with van der Waals surface area (Å²) < 4.78 is 13.9. The van der Waals surface area contributed by atoms with Gasteiger partial charge in [-0.3, -0.25) is 9.59 Å². The van der Waals surface area contributed by atoms with Crippen LogP contribution in [-0.4, -0.2) is 49.8 Å². The second kappa shape index (κ2) is 10.7. The molecule has 0 saturated heterocycles. The van der Waals surface area contributed by atoms with Gasteiger partial charge in [-0.15, -0.1) is 0 Å². The van der Waals surface area contributed by atoms with Crippen LogP contribution in [0.4, 0.5) is 15.8 Å². The minimum atomic E-state index is -0.408. The highest BCUT2D eigenvalue weighted by Crippen LogP contribution is 2.38. The predicted molar refractivity (Wildman–Crippen MR) is 143 cm³/mol. The van der Waals surface area contributed by atoms with Gasteiger partial charge in [-0.2, -0.15) is 0 Å². The molecule has 3 aromatic carbocycles. The number of halogens is 1. The van der Waals surface area contributed by atoms with Gasteiger partial charge >= 0.3 is 0 Å². The summed E-state index contributed by atoms with van der Waals surface area (Å²) in [6.07, 6.45) is 0.979. The monoisotopic (exact) mass is 486 g/mol. The first-order chi connectivity index (χ1) is 17.2. The Morgan fingerprint density at radius 2 is 1.69 bits per heavy atom. The fraction of sp³-hybridized carbons (Fsp3) is 0.241. The van der Waals surface area contributed by atoms with Gasteiger partial charge in [-0.1, -0.05) is 30.3 Å². The Bertz CT molecular complexity index is 1310. The van der Waals surface area contributed by atoms with Crippen LogP contribution in [0.25, 0.3) is 11.3 Å². The van der Waals surface area contributed by atoms with E-state index in [0.29, 0.717) is 35.4 Å². The number of fused-ring (bicyclic) bond motifs is 1. The molecule has 1 heterocycles. The van der Waals surface area contributed by atoms with Gasteiger partial charge in [0.2, 0.25) is 5.91 Å². The molecule has 186 valence electrons. The van der Waals surface area contributed by atoms with Gasteiger partial charge in [0.25, 0.3) is 5.91 Å². The molecule has 0 fully saturated rings. The Hall–Kier alpha value is -3.97. The number of benzene rings is 3. The standard InChI is InChI=1S/C29H31FN4O2/c1-33(2)18-20-8-12-23(13-9-20)31-28(27-24-14-11-22(30)17-25(24)32-29(27)36)21-7-5-6-19(16-21)10-15-26(35)34(3)4/h5-9,11-14,16-17,31H,10,15,18H2,1-4H3,(H,32,36). The second-order valence-corrected chi connectivity index (χ2v) is 9.44. The van der Waals surface area contributed by atoms with Crippen molar-refractivity contribution in [2.45, 2.75) is 19.4 Å². The summed E-state index contributed by atoms with van der Waals surface area (Å²) in [7, 11) is 7.53. The van der Waals surface area contributed by atoms with E-state index in [-0.39, 0.29) is 11.8 Å². The Kier molecular flexibility index (Phi) is 7.50. The number of rotatable bonds is 8. The first kappa shape index (κ1) is 25.1. The van der Waals surface area contributed by atoms with E-state index in [4.69, 9.17) is 0 Å². The maximum Gasteiger partial charge on any atom is 0.258 e. The normalized spacial score (nSPS) is 13.9. The fourth-order valence-corrected chi connectivity index (χ4v) is 4.23. The number of carbonyl (C=O) groups excluding carboxylic acids is 2. The van der Waals surface area contributed by atoms with Gasteiger partial charge in [0.15, 0.2) is 0 Å². The molecule has 0 saturated carbocycles. The van der Waals surface area contributed by atoms with Crippen LogP contribution in [0.1, 0.15) is 28.7 Å². The molecule has 1 aliphatic rings.